The second kappa shape index (κ2) is 11.3. The fourth-order valence-corrected chi connectivity index (χ4v) is 6.29. The number of benzene rings is 2. The molecule has 2 heterocycles. The number of ketones is 2. The van der Waals surface area contributed by atoms with Gasteiger partial charge >= 0.3 is 17.9 Å². The Balaban J connectivity index is 1.70. The van der Waals surface area contributed by atoms with E-state index in [4.69, 9.17) is 14.2 Å². The molecule has 0 radical (unpaired) electrons. The fourth-order valence-electron chi connectivity index (χ4n) is 6.29. The van der Waals surface area contributed by atoms with Gasteiger partial charge < -0.3 is 19.5 Å². The highest BCUT2D eigenvalue weighted by Gasteiger charge is 2.73. The van der Waals surface area contributed by atoms with Crippen LogP contribution in [0.25, 0.3) is 11.4 Å². The third-order valence-electron chi connectivity index (χ3n) is 8.17. The first-order valence-electron chi connectivity index (χ1n) is 13.8. The van der Waals surface area contributed by atoms with Crippen LogP contribution in [0.2, 0.25) is 0 Å². The van der Waals surface area contributed by atoms with Crippen molar-refractivity contribution in [1.82, 2.24) is 19.6 Å². The van der Waals surface area contributed by atoms with Gasteiger partial charge in [-0.1, -0.05) is 36.4 Å². The average Bonchev–Trinajstić information content (AvgIpc) is 3.78. The minimum Gasteiger partial charge on any atom is -0.468 e. The summed E-state index contributed by atoms with van der Waals surface area (Å²) in [5.74, 6) is -9.24. The number of para-hydroxylation sites is 2. The summed E-state index contributed by atoms with van der Waals surface area (Å²) in [5.41, 5.74) is -3.06. The SMILES string of the molecule is COC(=O)C1=C(Nc2c(C#N)cnn2-c2ccccc2)C(=O)C2c3c(cnn3-c3ccccc3)C(=O)C(C(=O)OC)C12C(=O)OC. The molecule has 230 valence electrons. The molecule has 4 aromatic rings. The van der Waals surface area contributed by atoms with Crippen molar-refractivity contribution in [3.63, 3.8) is 0 Å². The van der Waals surface area contributed by atoms with Crippen LogP contribution in [0, 0.1) is 22.7 Å². The quantitative estimate of drug-likeness (QED) is 0.181. The summed E-state index contributed by atoms with van der Waals surface area (Å²) in [4.78, 5) is 70.5. The zero-order valence-electron chi connectivity index (χ0n) is 24.6. The van der Waals surface area contributed by atoms with Crippen LogP contribution in [0.4, 0.5) is 5.82 Å². The second-order valence-electron chi connectivity index (χ2n) is 10.3. The van der Waals surface area contributed by atoms with Crippen molar-refractivity contribution in [3.8, 4) is 17.4 Å². The summed E-state index contributed by atoms with van der Waals surface area (Å²) < 4.78 is 17.9. The van der Waals surface area contributed by atoms with E-state index >= 15 is 0 Å². The van der Waals surface area contributed by atoms with Crippen molar-refractivity contribution in [1.29, 1.82) is 5.26 Å². The molecule has 2 aliphatic carbocycles. The second-order valence-corrected chi connectivity index (χ2v) is 10.3. The highest BCUT2D eigenvalue weighted by molar-refractivity contribution is 6.26. The Morgan fingerprint density at radius 2 is 1.46 bits per heavy atom. The Labute approximate surface area is 260 Å². The van der Waals surface area contributed by atoms with Crippen molar-refractivity contribution >= 4 is 35.3 Å². The van der Waals surface area contributed by atoms with Crippen molar-refractivity contribution < 1.29 is 38.2 Å². The van der Waals surface area contributed by atoms with Crippen LogP contribution in [-0.4, -0.2) is 70.4 Å². The molecule has 2 aliphatic rings. The molecule has 14 nitrogen and oxygen atoms in total. The van der Waals surface area contributed by atoms with E-state index in [0.29, 0.717) is 11.4 Å². The summed E-state index contributed by atoms with van der Waals surface area (Å²) in [5, 5.41) is 21.4. The maximum atomic E-state index is 14.8. The minimum absolute atomic E-state index is 0.0223. The molecule has 0 fully saturated rings. The molecule has 1 N–H and O–H groups in total. The molecule has 3 unspecified atom stereocenters. The van der Waals surface area contributed by atoms with E-state index in [9.17, 15) is 29.2 Å². The number of carbonyl (C=O) groups is 5. The van der Waals surface area contributed by atoms with Gasteiger partial charge in [-0.15, -0.1) is 0 Å². The van der Waals surface area contributed by atoms with Crippen LogP contribution in [-0.2, 0) is 33.4 Å². The molecule has 0 saturated heterocycles. The van der Waals surface area contributed by atoms with Crippen LogP contribution >= 0.6 is 0 Å². The largest absolute Gasteiger partial charge is 0.468 e. The normalized spacial score (nSPS) is 20.0. The number of aromatic nitrogens is 4. The third-order valence-corrected chi connectivity index (χ3v) is 8.17. The molecule has 0 bridgehead atoms. The number of nitriles is 1. The first kappa shape index (κ1) is 29.7. The Hall–Kier alpha value is -6.36. The van der Waals surface area contributed by atoms with Crippen molar-refractivity contribution in [2.24, 2.45) is 11.3 Å². The van der Waals surface area contributed by atoms with Gasteiger partial charge in [0.25, 0.3) is 0 Å². The van der Waals surface area contributed by atoms with E-state index in [2.05, 4.69) is 15.5 Å². The molecule has 3 atom stereocenters. The molecular formula is C32H24N6O8. The molecule has 0 spiro atoms. The minimum atomic E-state index is -2.60. The monoisotopic (exact) mass is 620 g/mol. The summed E-state index contributed by atoms with van der Waals surface area (Å²) in [6.45, 7) is 0. The van der Waals surface area contributed by atoms with Crippen molar-refractivity contribution in [3.05, 3.63) is 101 Å². The van der Waals surface area contributed by atoms with Gasteiger partial charge in [0.05, 0.1) is 73.5 Å². The van der Waals surface area contributed by atoms with Gasteiger partial charge in [0.15, 0.2) is 17.4 Å². The van der Waals surface area contributed by atoms with Gasteiger partial charge in [-0.25, -0.2) is 14.2 Å². The number of fused-ring (bicyclic) bond motifs is 3. The zero-order valence-corrected chi connectivity index (χ0v) is 24.6. The number of esters is 3. The highest BCUT2D eigenvalue weighted by atomic mass is 16.5. The zero-order chi connectivity index (χ0) is 32.7. The predicted molar refractivity (Wildman–Crippen MR) is 157 cm³/mol. The number of ether oxygens (including phenoxy) is 3. The Kier molecular flexibility index (Phi) is 7.29. The lowest BCUT2D eigenvalue weighted by Crippen LogP contribution is -2.56. The molecule has 0 saturated carbocycles. The van der Waals surface area contributed by atoms with Gasteiger partial charge in [0, 0.05) is 0 Å². The van der Waals surface area contributed by atoms with Crippen LogP contribution in [0.1, 0.15) is 27.5 Å². The van der Waals surface area contributed by atoms with Crippen LogP contribution < -0.4 is 5.32 Å². The molecule has 0 amide bonds. The number of Topliss-reactive ketones (excluding diaryl/α,β-unsaturated/α-hetero) is 2. The Morgan fingerprint density at radius 3 is 2.02 bits per heavy atom. The smallest absolute Gasteiger partial charge is 0.337 e. The number of carbonyl (C=O) groups excluding carboxylic acids is 5. The summed E-state index contributed by atoms with van der Waals surface area (Å²) in [6, 6.07) is 19.1. The summed E-state index contributed by atoms with van der Waals surface area (Å²) in [7, 11) is 3.02. The molecule has 46 heavy (non-hydrogen) atoms. The molecule has 6 rings (SSSR count). The van der Waals surface area contributed by atoms with Crippen LogP contribution in [0.3, 0.4) is 0 Å². The molecular weight excluding hydrogens is 596 g/mol. The Bertz CT molecular complexity index is 2010. The van der Waals surface area contributed by atoms with Crippen LogP contribution in [0.15, 0.2) is 84.3 Å². The van der Waals surface area contributed by atoms with E-state index in [1.165, 1.54) is 21.8 Å². The van der Waals surface area contributed by atoms with Crippen molar-refractivity contribution in [2.45, 2.75) is 5.92 Å². The third kappa shape index (κ3) is 4.05. The summed E-state index contributed by atoms with van der Waals surface area (Å²) in [6.07, 6.45) is 2.44. The summed E-state index contributed by atoms with van der Waals surface area (Å²) >= 11 is 0. The molecule has 0 aliphatic heterocycles. The van der Waals surface area contributed by atoms with E-state index in [1.807, 2.05) is 6.07 Å². The van der Waals surface area contributed by atoms with Gasteiger partial charge in [-0.2, -0.15) is 15.5 Å². The maximum absolute atomic E-state index is 14.8. The average molecular weight is 621 g/mol. The van der Waals surface area contributed by atoms with Crippen molar-refractivity contribution in [2.75, 3.05) is 26.6 Å². The predicted octanol–water partition coefficient (Wildman–Crippen LogP) is 2.28. The molecule has 14 heteroatoms. The van der Waals surface area contributed by atoms with E-state index in [1.54, 1.807) is 60.7 Å². The lowest BCUT2D eigenvalue weighted by atomic mass is 9.57. The van der Waals surface area contributed by atoms with E-state index in [-0.39, 0.29) is 22.6 Å². The van der Waals surface area contributed by atoms with Gasteiger partial charge in [-0.05, 0) is 24.3 Å². The first-order valence-corrected chi connectivity index (χ1v) is 13.8. The van der Waals surface area contributed by atoms with Gasteiger partial charge in [0.1, 0.15) is 23.0 Å². The number of hydrogen-bond acceptors (Lipinski definition) is 12. The highest BCUT2D eigenvalue weighted by Crippen LogP contribution is 2.60. The number of allylic oxidation sites excluding steroid dienone is 1. The van der Waals surface area contributed by atoms with Gasteiger partial charge in [-0.3, -0.25) is 19.2 Å². The first-order chi connectivity index (χ1) is 22.3. The lowest BCUT2D eigenvalue weighted by Gasteiger charge is -2.40. The number of anilines is 1. The van der Waals surface area contributed by atoms with Crippen LogP contribution in [0.5, 0.6) is 0 Å². The number of rotatable bonds is 7. The maximum Gasteiger partial charge on any atom is 0.337 e. The molecule has 2 aromatic heterocycles. The van der Waals surface area contributed by atoms with Gasteiger partial charge in [0.2, 0.25) is 0 Å². The molecule has 2 aromatic carbocycles. The van der Waals surface area contributed by atoms with E-state index in [0.717, 1.165) is 21.3 Å². The Morgan fingerprint density at radius 1 is 0.848 bits per heavy atom. The topological polar surface area (TPSA) is 184 Å². The number of nitrogens with zero attached hydrogens (tertiary/aromatic N) is 5. The lowest BCUT2D eigenvalue weighted by molar-refractivity contribution is -0.165. The number of methoxy groups -OCH3 is 3. The number of nitrogens with one attached hydrogen (secondary N) is 1. The standard InChI is InChI=1S/C32H24N6O8/c1-44-29(41)21-24(36-28-17(14-33)15-34-38(28)19-12-8-5-9-13-19)27(40)22-25-20(16-35-37(25)18-10-6-4-7-11-18)26(39)23(30(42)45-2)32(21,22)31(43)46-3/h4-13,15-16,22-23,36H,1-3H3. The number of hydrogen-bond donors (Lipinski definition) is 1. The fraction of sp³-hybridized carbons (Fsp3) is 0.188. The van der Waals surface area contributed by atoms with E-state index < -0.39 is 58.0 Å².